The third kappa shape index (κ3) is 3.79. The molecule has 4 aliphatic rings. The molecule has 0 unspecified atom stereocenters. The van der Waals surface area contributed by atoms with Crippen molar-refractivity contribution in [3.05, 3.63) is 40.9 Å². The number of carbonyl (C=O) groups excluding carboxylic acids is 3. The van der Waals surface area contributed by atoms with Crippen molar-refractivity contribution in [3.63, 3.8) is 0 Å². The summed E-state index contributed by atoms with van der Waals surface area (Å²) in [6, 6.07) is 6.62. The molecule has 7 nitrogen and oxygen atoms in total. The fourth-order valence-corrected chi connectivity index (χ4v) is 6.44. The lowest BCUT2D eigenvalue weighted by Crippen LogP contribution is -2.60. The molecule has 1 spiro atoms. The van der Waals surface area contributed by atoms with Crippen LogP contribution in [-0.4, -0.2) is 51.9 Å². The van der Waals surface area contributed by atoms with Crippen molar-refractivity contribution < 1.29 is 19.1 Å². The smallest absolute Gasteiger partial charge is 0.246 e. The van der Waals surface area contributed by atoms with Gasteiger partial charge in [0.1, 0.15) is 11.6 Å². The summed E-state index contributed by atoms with van der Waals surface area (Å²) in [4.78, 5) is 42.7. The summed E-state index contributed by atoms with van der Waals surface area (Å²) >= 11 is 3.40. The molecule has 5 atom stereocenters. The zero-order valence-corrected chi connectivity index (χ0v) is 21.4. The van der Waals surface area contributed by atoms with Gasteiger partial charge in [-0.05, 0) is 57.9 Å². The van der Waals surface area contributed by atoms with Gasteiger partial charge in [-0.3, -0.25) is 14.4 Å². The Balaban J connectivity index is 1.46. The van der Waals surface area contributed by atoms with Crippen LogP contribution in [0.15, 0.2) is 40.9 Å². The van der Waals surface area contributed by atoms with Gasteiger partial charge in [-0.1, -0.05) is 47.3 Å². The molecule has 3 amide bonds. The van der Waals surface area contributed by atoms with Crippen LogP contribution in [0.4, 0.5) is 5.69 Å². The number of likely N-dealkylation sites (tertiary alicyclic amines) is 1. The molecular weight excluding hydrogens is 498 g/mol. The van der Waals surface area contributed by atoms with E-state index in [9.17, 15) is 14.4 Å². The normalized spacial score (nSPS) is 32.7. The van der Waals surface area contributed by atoms with Crippen LogP contribution in [0.25, 0.3) is 0 Å². The molecular formula is C26H32BrN3O4. The van der Waals surface area contributed by atoms with Gasteiger partial charge < -0.3 is 20.3 Å². The average Bonchev–Trinajstić information content (AvgIpc) is 3.43. The first-order valence-electron chi connectivity index (χ1n) is 12.2. The van der Waals surface area contributed by atoms with Crippen molar-refractivity contribution in [1.82, 2.24) is 10.2 Å². The van der Waals surface area contributed by atoms with Crippen molar-refractivity contribution in [2.24, 2.45) is 11.8 Å². The second-order valence-electron chi connectivity index (χ2n) is 10.9. The van der Waals surface area contributed by atoms with Crippen molar-refractivity contribution in [1.29, 1.82) is 0 Å². The largest absolute Gasteiger partial charge is 0.359 e. The molecule has 2 saturated heterocycles. The van der Waals surface area contributed by atoms with Crippen LogP contribution >= 0.6 is 15.9 Å². The van der Waals surface area contributed by atoms with E-state index in [-0.39, 0.29) is 23.8 Å². The van der Waals surface area contributed by atoms with Crippen LogP contribution in [-0.2, 0) is 19.1 Å². The maximum Gasteiger partial charge on any atom is 0.246 e. The van der Waals surface area contributed by atoms with Gasteiger partial charge in [-0.2, -0.15) is 0 Å². The number of nitrogens with zero attached hydrogens (tertiary/aromatic N) is 1. The summed E-state index contributed by atoms with van der Waals surface area (Å²) in [5.41, 5.74) is -1.08. The van der Waals surface area contributed by atoms with Crippen LogP contribution < -0.4 is 10.6 Å². The van der Waals surface area contributed by atoms with Gasteiger partial charge >= 0.3 is 0 Å². The number of hydrogen-bond donors (Lipinski definition) is 2. The Morgan fingerprint density at radius 1 is 1.09 bits per heavy atom. The van der Waals surface area contributed by atoms with E-state index in [0.29, 0.717) is 5.69 Å². The standard InChI is InChI=1S/C26H32BrN3O4/c1-25(2,3)30-21(23(32)29-16-7-5-4-6-8-16)26-14-13-18(34-26)19(20(26)24(30)33)22(31)28-17-11-9-15(27)10-12-17/h9-14,16,18-21H,4-8H2,1-3H3,(H,28,31)(H,29,32)/t18-,19-,20-,21+,26+/m1/s1. The van der Waals surface area contributed by atoms with Crippen LogP contribution in [0.5, 0.6) is 0 Å². The number of nitrogens with one attached hydrogen (secondary N) is 2. The molecule has 1 aliphatic carbocycles. The summed E-state index contributed by atoms with van der Waals surface area (Å²) in [7, 11) is 0. The quantitative estimate of drug-likeness (QED) is 0.581. The number of ether oxygens (including phenoxy) is 1. The predicted octanol–water partition coefficient (Wildman–Crippen LogP) is 3.79. The van der Waals surface area contributed by atoms with Crippen molar-refractivity contribution in [2.75, 3.05) is 5.32 Å². The minimum absolute atomic E-state index is 0.118. The maximum absolute atomic E-state index is 13.9. The highest BCUT2D eigenvalue weighted by atomic mass is 79.9. The fraction of sp³-hybridized carbons (Fsp3) is 0.577. The number of amides is 3. The Morgan fingerprint density at radius 2 is 1.76 bits per heavy atom. The minimum Gasteiger partial charge on any atom is -0.359 e. The second-order valence-corrected chi connectivity index (χ2v) is 11.8. The van der Waals surface area contributed by atoms with E-state index in [0.717, 1.165) is 30.2 Å². The van der Waals surface area contributed by atoms with Crippen LogP contribution in [0.3, 0.4) is 0 Å². The molecule has 3 heterocycles. The van der Waals surface area contributed by atoms with Crippen LogP contribution in [0, 0.1) is 11.8 Å². The third-order valence-corrected chi connectivity index (χ3v) is 8.14. The summed E-state index contributed by atoms with van der Waals surface area (Å²) in [6.45, 7) is 5.78. The lowest BCUT2D eigenvalue weighted by molar-refractivity contribution is -0.146. The van der Waals surface area contributed by atoms with E-state index in [4.69, 9.17) is 4.74 Å². The number of carbonyl (C=O) groups is 3. The van der Waals surface area contributed by atoms with E-state index < -0.39 is 35.1 Å². The Kier molecular flexibility index (Phi) is 5.88. The Hall–Kier alpha value is -2.19. The summed E-state index contributed by atoms with van der Waals surface area (Å²) < 4.78 is 7.30. The first-order valence-corrected chi connectivity index (χ1v) is 13.0. The van der Waals surface area contributed by atoms with E-state index in [2.05, 4.69) is 26.6 Å². The highest BCUT2D eigenvalue weighted by molar-refractivity contribution is 9.10. The van der Waals surface area contributed by atoms with Crippen LogP contribution in [0.1, 0.15) is 52.9 Å². The van der Waals surface area contributed by atoms with Crippen molar-refractivity contribution in [2.45, 2.75) is 82.2 Å². The lowest BCUT2D eigenvalue weighted by atomic mass is 9.74. The highest BCUT2D eigenvalue weighted by Gasteiger charge is 2.73. The minimum atomic E-state index is -1.13. The van der Waals surface area contributed by atoms with E-state index in [1.165, 1.54) is 6.42 Å². The number of hydrogen-bond acceptors (Lipinski definition) is 4. The molecule has 3 aliphatic heterocycles. The molecule has 1 aromatic rings. The summed E-state index contributed by atoms with van der Waals surface area (Å²) in [5, 5.41) is 6.16. The maximum atomic E-state index is 13.9. The molecule has 34 heavy (non-hydrogen) atoms. The Morgan fingerprint density at radius 3 is 2.41 bits per heavy atom. The third-order valence-electron chi connectivity index (χ3n) is 7.61. The van der Waals surface area contributed by atoms with Gasteiger partial charge in [0.25, 0.3) is 0 Å². The van der Waals surface area contributed by atoms with Crippen LogP contribution in [0.2, 0.25) is 0 Å². The fourth-order valence-electron chi connectivity index (χ4n) is 6.18. The number of anilines is 1. The van der Waals surface area contributed by atoms with Crippen molar-refractivity contribution >= 4 is 39.3 Å². The summed E-state index contributed by atoms with van der Waals surface area (Å²) in [6.07, 6.45) is 8.48. The number of rotatable bonds is 4. The molecule has 2 bridgehead atoms. The van der Waals surface area contributed by atoms with Gasteiger partial charge in [-0.15, -0.1) is 0 Å². The Bertz CT molecular complexity index is 1030. The number of fused-ring (bicyclic) bond motifs is 1. The zero-order chi connectivity index (χ0) is 24.3. The molecule has 5 rings (SSSR count). The first-order chi connectivity index (χ1) is 16.1. The SMILES string of the molecule is CC(C)(C)N1C(=O)[C@H]2[C@H](C(=O)Nc3ccc(Br)cc3)[C@H]3C=C[C@@]2(O3)[C@@H]1C(=O)NC1CCCCC1. The number of benzene rings is 1. The average molecular weight is 530 g/mol. The van der Waals surface area contributed by atoms with E-state index in [1.807, 2.05) is 45.1 Å². The number of halogens is 1. The Labute approximate surface area is 208 Å². The predicted molar refractivity (Wildman–Crippen MR) is 132 cm³/mol. The molecule has 1 saturated carbocycles. The van der Waals surface area contributed by atoms with Gasteiger partial charge in [0.15, 0.2) is 0 Å². The van der Waals surface area contributed by atoms with Gasteiger partial charge in [0, 0.05) is 21.7 Å². The molecule has 2 N–H and O–H groups in total. The molecule has 8 heteroatoms. The molecule has 3 fully saturated rings. The first kappa shape index (κ1) is 23.5. The monoisotopic (exact) mass is 529 g/mol. The van der Waals surface area contributed by atoms with E-state index >= 15 is 0 Å². The van der Waals surface area contributed by atoms with E-state index in [1.54, 1.807) is 17.0 Å². The summed E-state index contributed by atoms with van der Waals surface area (Å²) in [5.74, 6) is -2.08. The van der Waals surface area contributed by atoms with Gasteiger partial charge in [0.2, 0.25) is 17.7 Å². The van der Waals surface area contributed by atoms with Gasteiger partial charge in [-0.25, -0.2) is 0 Å². The molecule has 0 radical (unpaired) electrons. The highest BCUT2D eigenvalue weighted by Crippen LogP contribution is 2.56. The zero-order valence-electron chi connectivity index (χ0n) is 19.8. The van der Waals surface area contributed by atoms with Gasteiger partial charge in [0.05, 0.1) is 17.9 Å². The molecule has 182 valence electrons. The molecule has 1 aromatic carbocycles. The van der Waals surface area contributed by atoms with Crippen molar-refractivity contribution in [3.8, 4) is 0 Å². The second kappa shape index (κ2) is 8.48. The topological polar surface area (TPSA) is 87.7 Å². The molecule has 0 aromatic heterocycles. The lowest BCUT2D eigenvalue weighted by Gasteiger charge is -2.40.